The van der Waals surface area contributed by atoms with Crippen LogP contribution in [0.4, 0.5) is 4.79 Å². The highest BCUT2D eigenvalue weighted by atomic mass is 32.2. The molecule has 1 amide bonds. The van der Waals surface area contributed by atoms with Gasteiger partial charge in [0.25, 0.3) is 10.0 Å². The van der Waals surface area contributed by atoms with E-state index < -0.39 is 16.1 Å². The number of aliphatic hydroxyl groups is 2. The molecule has 0 bridgehead atoms. The van der Waals surface area contributed by atoms with Crippen molar-refractivity contribution in [1.82, 2.24) is 9.71 Å². The number of nitrogens with zero attached hydrogens (tertiary/aromatic N) is 1. The Morgan fingerprint density at radius 1 is 1.05 bits per heavy atom. The summed E-state index contributed by atoms with van der Waals surface area (Å²) in [6.45, 7) is 7.00. The molecule has 0 aromatic carbocycles. The molecule has 5 saturated carbocycles. The van der Waals surface area contributed by atoms with Crippen LogP contribution in [0.1, 0.15) is 91.4 Å². The number of carbonyl (C=O) groups excluding carboxylic acids is 1. The van der Waals surface area contributed by atoms with E-state index in [-0.39, 0.29) is 52.6 Å². The highest BCUT2D eigenvalue weighted by Crippen LogP contribution is 2.68. The van der Waals surface area contributed by atoms with Crippen molar-refractivity contribution >= 4 is 16.1 Å². The van der Waals surface area contributed by atoms with Crippen molar-refractivity contribution in [3.8, 4) is 5.75 Å². The minimum atomic E-state index is -4.17. The van der Waals surface area contributed by atoms with Crippen molar-refractivity contribution < 1.29 is 32.9 Å². The molecule has 42 heavy (non-hydrogen) atoms. The summed E-state index contributed by atoms with van der Waals surface area (Å²) in [4.78, 5) is 16.6. The van der Waals surface area contributed by atoms with E-state index in [0.717, 1.165) is 70.6 Å². The van der Waals surface area contributed by atoms with E-state index in [4.69, 9.17) is 9.47 Å². The SMILES string of the molecule is C[C@H](COC(=O)NS(=O)(=O)c1ccc(OC2CCC2)cn1)[C@H]1CC[C@H]2[C@@H]3[C@H](O)C[C@@H]4C[C@H](O)CC[C@]4(C)[C@H]3CC[C@]12C. The van der Waals surface area contributed by atoms with Crippen LogP contribution < -0.4 is 9.46 Å². The minimum absolute atomic E-state index is 0.0398. The summed E-state index contributed by atoms with van der Waals surface area (Å²) in [5.41, 5.74) is 0.220. The number of carbonyl (C=O) groups is 1. The fourth-order valence-electron chi connectivity index (χ4n) is 9.97. The average Bonchev–Trinajstić information content (AvgIpc) is 3.27. The van der Waals surface area contributed by atoms with Crippen LogP contribution in [-0.2, 0) is 14.8 Å². The van der Waals surface area contributed by atoms with Crippen molar-refractivity contribution in [3.63, 3.8) is 0 Å². The molecule has 1 aromatic rings. The Morgan fingerprint density at radius 3 is 2.48 bits per heavy atom. The number of nitrogens with one attached hydrogen (secondary N) is 1. The maximum absolute atomic E-state index is 12.7. The molecule has 0 spiro atoms. The summed E-state index contributed by atoms with van der Waals surface area (Å²) in [5.74, 6) is 2.44. The van der Waals surface area contributed by atoms with Gasteiger partial charge < -0.3 is 19.7 Å². The van der Waals surface area contributed by atoms with E-state index in [2.05, 4.69) is 25.8 Å². The summed E-state index contributed by atoms with van der Waals surface area (Å²) in [6.07, 6.45) is 10.8. The molecular formula is C32H48N2O7S. The van der Waals surface area contributed by atoms with Crippen LogP contribution in [0.15, 0.2) is 23.4 Å². The Morgan fingerprint density at radius 2 is 1.79 bits per heavy atom. The minimum Gasteiger partial charge on any atom is -0.489 e. The molecule has 10 atom stereocenters. The second-order valence-corrected chi connectivity index (χ2v) is 16.3. The molecule has 234 valence electrons. The summed E-state index contributed by atoms with van der Waals surface area (Å²) >= 11 is 0. The lowest BCUT2D eigenvalue weighted by Crippen LogP contribution is -2.58. The van der Waals surface area contributed by atoms with Crippen molar-refractivity contribution in [1.29, 1.82) is 0 Å². The predicted octanol–water partition coefficient (Wildman–Crippen LogP) is 5.05. The Hall–Kier alpha value is -1.91. The lowest BCUT2D eigenvalue weighted by molar-refractivity contribution is -0.174. The molecule has 1 aromatic heterocycles. The van der Waals surface area contributed by atoms with Crippen LogP contribution in [0.2, 0.25) is 0 Å². The first kappa shape index (κ1) is 30.1. The van der Waals surface area contributed by atoms with E-state index in [9.17, 15) is 23.4 Å². The Labute approximate surface area is 250 Å². The number of fused-ring (bicyclic) bond motifs is 5. The molecule has 0 unspecified atom stereocenters. The summed E-state index contributed by atoms with van der Waals surface area (Å²) < 4.78 is 38.7. The van der Waals surface area contributed by atoms with Gasteiger partial charge in [-0.25, -0.2) is 14.5 Å². The van der Waals surface area contributed by atoms with E-state index in [1.54, 1.807) is 6.07 Å². The van der Waals surface area contributed by atoms with E-state index >= 15 is 0 Å². The number of aromatic nitrogens is 1. The first-order chi connectivity index (χ1) is 19.9. The number of rotatable bonds is 7. The zero-order valence-electron chi connectivity index (χ0n) is 25.2. The highest BCUT2D eigenvalue weighted by Gasteiger charge is 2.63. The van der Waals surface area contributed by atoms with Crippen LogP contribution >= 0.6 is 0 Å². The number of hydrogen-bond acceptors (Lipinski definition) is 8. The molecule has 3 N–H and O–H groups in total. The average molecular weight is 605 g/mol. The molecule has 0 radical (unpaired) electrons. The molecule has 6 rings (SSSR count). The van der Waals surface area contributed by atoms with Gasteiger partial charge in [-0.2, -0.15) is 8.42 Å². The van der Waals surface area contributed by atoms with Crippen molar-refractivity contribution in [3.05, 3.63) is 18.3 Å². The number of sulfonamides is 1. The van der Waals surface area contributed by atoms with Crippen LogP contribution in [0, 0.1) is 46.3 Å². The first-order valence-electron chi connectivity index (χ1n) is 16.1. The van der Waals surface area contributed by atoms with Gasteiger partial charge in [0.2, 0.25) is 0 Å². The van der Waals surface area contributed by atoms with E-state index in [1.807, 2.05) is 4.72 Å². The van der Waals surface area contributed by atoms with Crippen LogP contribution in [0.25, 0.3) is 0 Å². The normalized spacial score (nSPS) is 40.5. The molecule has 1 heterocycles. The lowest BCUT2D eigenvalue weighted by Gasteiger charge is -2.62. The second-order valence-electron chi connectivity index (χ2n) is 14.6. The lowest BCUT2D eigenvalue weighted by atomic mass is 9.43. The van der Waals surface area contributed by atoms with E-state index in [0.29, 0.717) is 29.4 Å². The number of pyridine rings is 1. The molecule has 5 aliphatic carbocycles. The Balaban J connectivity index is 1.05. The monoisotopic (exact) mass is 604 g/mol. The second kappa shape index (κ2) is 11.2. The summed E-state index contributed by atoms with van der Waals surface area (Å²) in [6, 6.07) is 2.89. The molecular weight excluding hydrogens is 556 g/mol. The van der Waals surface area contributed by atoms with Crippen LogP contribution in [0.3, 0.4) is 0 Å². The van der Waals surface area contributed by atoms with Gasteiger partial charge in [0.05, 0.1) is 31.1 Å². The number of aliphatic hydroxyl groups excluding tert-OH is 2. The third-order valence-electron chi connectivity index (χ3n) is 12.5. The van der Waals surface area contributed by atoms with Gasteiger partial charge in [0.1, 0.15) is 5.75 Å². The van der Waals surface area contributed by atoms with Gasteiger partial charge in [-0.1, -0.05) is 20.8 Å². The topological polar surface area (TPSA) is 135 Å². The molecule has 5 fully saturated rings. The zero-order valence-corrected chi connectivity index (χ0v) is 26.0. The number of hydrogen-bond donors (Lipinski definition) is 3. The highest BCUT2D eigenvalue weighted by molar-refractivity contribution is 7.90. The Bertz CT molecular complexity index is 1250. The third-order valence-corrected chi connectivity index (χ3v) is 13.7. The van der Waals surface area contributed by atoms with Gasteiger partial charge >= 0.3 is 6.09 Å². The molecule has 0 saturated heterocycles. The Kier molecular flexibility index (Phi) is 8.05. The quantitative estimate of drug-likeness (QED) is 0.393. The smallest absolute Gasteiger partial charge is 0.421 e. The van der Waals surface area contributed by atoms with Gasteiger partial charge in [-0.3, -0.25) is 0 Å². The van der Waals surface area contributed by atoms with Crippen molar-refractivity contribution in [2.24, 2.45) is 46.3 Å². The fraction of sp³-hybridized carbons (Fsp3) is 0.812. The molecule has 9 nitrogen and oxygen atoms in total. The number of ether oxygens (including phenoxy) is 2. The third kappa shape index (κ3) is 5.34. The summed E-state index contributed by atoms with van der Waals surface area (Å²) in [5, 5.41) is 21.5. The van der Waals surface area contributed by atoms with Gasteiger partial charge in [-0.05, 0) is 129 Å². The zero-order chi connectivity index (χ0) is 29.9. The maximum Gasteiger partial charge on any atom is 0.421 e. The number of amides is 1. The molecule has 5 aliphatic rings. The van der Waals surface area contributed by atoms with Gasteiger partial charge in [-0.15, -0.1) is 0 Å². The van der Waals surface area contributed by atoms with Crippen LogP contribution in [0.5, 0.6) is 5.75 Å². The maximum atomic E-state index is 12.7. The van der Waals surface area contributed by atoms with Gasteiger partial charge in [0, 0.05) is 0 Å². The van der Waals surface area contributed by atoms with E-state index in [1.165, 1.54) is 12.3 Å². The molecule has 0 aliphatic heterocycles. The fourth-order valence-corrected chi connectivity index (χ4v) is 10.8. The largest absolute Gasteiger partial charge is 0.489 e. The first-order valence-corrected chi connectivity index (χ1v) is 17.6. The summed E-state index contributed by atoms with van der Waals surface area (Å²) in [7, 11) is -4.17. The van der Waals surface area contributed by atoms with Crippen molar-refractivity contribution in [2.45, 2.75) is 115 Å². The van der Waals surface area contributed by atoms with Crippen LogP contribution in [-0.4, -0.2) is 54.6 Å². The standard InChI is InChI=1S/C32H48N2O7S/c1-19(18-40-30(37)34-42(38,39)28-10-7-23(17-33-28)41-22-5-4-6-22)24-8-9-25-29-26(12-14-32(24,25)3)31(2)13-11-21(35)15-20(31)16-27(29)36/h7,10,17,19-22,24-27,29,35-36H,4-6,8-9,11-16,18H2,1-3H3,(H,34,37)/t19-,20+,21-,24-,25+,26+,27-,29+,31+,32-/m1/s1. The molecule has 10 heteroatoms. The van der Waals surface area contributed by atoms with Gasteiger partial charge in [0.15, 0.2) is 5.03 Å². The van der Waals surface area contributed by atoms with Crippen molar-refractivity contribution in [2.75, 3.05) is 6.61 Å². The predicted molar refractivity (Wildman–Crippen MR) is 156 cm³/mol.